The molecule has 0 N–H and O–H groups in total. The van der Waals surface area contributed by atoms with E-state index >= 15 is 0 Å². The summed E-state index contributed by atoms with van der Waals surface area (Å²) in [6.07, 6.45) is 5.84. The number of piperidine rings is 1. The van der Waals surface area contributed by atoms with Crippen molar-refractivity contribution in [1.82, 2.24) is 9.47 Å². The van der Waals surface area contributed by atoms with Gasteiger partial charge in [-0.2, -0.15) is 0 Å². The van der Waals surface area contributed by atoms with Gasteiger partial charge < -0.3 is 9.47 Å². The van der Waals surface area contributed by atoms with E-state index in [1.807, 2.05) is 41.8 Å². The van der Waals surface area contributed by atoms with E-state index in [0.717, 1.165) is 55.1 Å². The number of aldehydes is 1. The van der Waals surface area contributed by atoms with E-state index in [2.05, 4.69) is 31.2 Å². The van der Waals surface area contributed by atoms with Crippen molar-refractivity contribution in [2.75, 3.05) is 13.1 Å². The Kier molecular flexibility index (Phi) is 5.27. The van der Waals surface area contributed by atoms with Crippen LogP contribution in [0.25, 0.3) is 10.9 Å². The van der Waals surface area contributed by atoms with Crippen LogP contribution in [0.15, 0.2) is 42.6 Å². The first-order chi connectivity index (χ1) is 14.0. The van der Waals surface area contributed by atoms with Crippen LogP contribution in [0, 0.1) is 19.8 Å². The standard InChI is InChI=1S/C25H28N2O2/c1-17-4-6-19(7-5-17)13-20-8-10-27(11-9-20)25(29)22-14-23-21(16-28)15-26(3)24(23)12-18(22)2/h4-7,12,14-16,20H,8-11,13H2,1-3H3. The van der Waals surface area contributed by atoms with Gasteiger partial charge in [-0.25, -0.2) is 0 Å². The second-order valence-corrected chi connectivity index (χ2v) is 8.42. The lowest BCUT2D eigenvalue weighted by molar-refractivity contribution is 0.0690. The second-order valence-electron chi connectivity index (χ2n) is 8.42. The lowest BCUT2D eigenvalue weighted by Gasteiger charge is -2.32. The van der Waals surface area contributed by atoms with Gasteiger partial charge in [0.15, 0.2) is 6.29 Å². The molecule has 0 radical (unpaired) electrons. The average Bonchev–Trinajstić information content (AvgIpc) is 3.04. The SMILES string of the molecule is Cc1ccc(CC2CCN(C(=O)c3cc4c(C=O)cn(C)c4cc3C)CC2)cc1. The molecular weight excluding hydrogens is 360 g/mol. The average molecular weight is 389 g/mol. The molecule has 0 bridgehead atoms. The quantitative estimate of drug-likeness (QED) is 0.608. The molecule has 3 aromatic rings. The number of aromatic nitrogens is 1. The largest absolute Gasteiger partial charge is 0.350 e. The first kappa shape index (κ1) is 19.4. The Balaban J connectivity index is 1.47. The van der Waals surface area contributed by atoms with Crippen LogP contribution in [0.3, 0.4) is 0 Å². The van der Waals surface area contributed by atoms with E-state index in [4.69, 9.17) is 0 Å². The third kappa shape index (κ3) is 3.84. The third-order valence-corrected chi connectivity index (χ3v) is 6.27. The van der Waals surface area contributed by atoms with Crippen molar-refractivity contribution in [3.05, 3.63) is 70.4 Å². The highest BCUT2D eigenvalue weighted by Crippen LogP contribution is 2.27. The molecule has 0 unspecified atom stereocenters. The number of fused-ring (bicyclic) bond motifs is 1. The van der Waals surface area contributed by atoms with Crippen molar-refractivity contribution in [1.29, 1.82) is 0 Å². The number of aryl methyl sites for hydroxylation is 3. The highest BCUT2D eigenvalue weighted by Gasteiger charge is 2.25. The van der Waals surface area contributed by atoms with Gasteiger partial charge in [-0.15, -0.1) is 0 Å². The molecule has 1 aliphatic rings. The molecule has 1 amide bonds. The van der Waals surface area contributed by atoms with Gasteiger partial charge in [-0.05, 0) is 62.3 Å². The molecule has 4 nitrogen and oxygen atoms in total. The van der Waals surface area contributed by atoms with Gasteiger partial charge in [0, 0.05) is 48.4 Å². The predicted molar refractivity (Wildman–Crippen MR) is 117 cm³/mol. The number of benzene rings is 2. The summed E-state index contributed by atoms with van der Waals surface area (Å²) in [6, 6.07) is 12.7. The molecule has 150 valence electrons. The summed E-state index contributed by atoms with van der Waals surface area (Å²) in [5.74, 6) is 0.708. The number of carbonyl (C=O) groups excluding carboxylic acids is 2. The topological polar surface area (TPSA) is 42.3 Å². The molecule has 4 rings (SSSR count). The maximum absolute atomic E-state index is 13.2. The number of carbonyl (C=O) groups is 2. The van der Waals surface area contributed by atoms with E-state index in [-0.39, 0.29) is 5.91 Å². The first-order valence-corrected chi connectivity index (χ1v) is 10.4. The zero-order chi connectivity index (χ0) is 20.5. The highest BCUT2D eigenvalue weighted by atomic mass is 16.2. The molecule has 1 saturated heterocycles. The number of nitrogens with zero attached hydrogens (tertiary/aromatic N) is 2. The van der Waals surface area contributed by atoms with E-state index in [1.54, 1.807) is 0 Å². The Hall–Kier alpha value is -2.88. The molecule has 2 aromatic carbocycles. The van der Waals surface area contributed by atoms with Gasteiger partial charge in [-0.3, -0.25) is 9.59 Å². The summed E-state index contributed by atoms with van der Waals surface area (Å²) in [7, 11) is 1.93. The molecule has 0 atom stereocenters. The van der Waals surface area contributed by atoms with Crippen LogP contribution in [-0.4, -0.2) is 34.7 Å². The number of hydrogen-bond donors (Lipinski definition) is 0. The number of rotatable bonds is 4. The molecule has 2 heterocycles. The smallest absolute Gasteiger partial charge is 0.254 e. The molecular formula is C25H28N2O2. The summed E-state index contributed by atoms with van der Waals surface area (Å²) in [4.78, 5) is 26.6. The third-order valence-electron chi connectivity index (χ3n) is 6.27. The minimum Gasteiger partial charge on any atom is -0.350 e. The Labute approximate surface area is 172 Å². The fourth-order valence-corrected chi connectivity index (χ4v) is 4.46. The Morgan fingerprint density at radius 1 is 1.10 bits per heavy atom. The van der Waals surface area contributed by atoms with Gasteiger partial charge in [0.25, 0.3) is 5.91 Å². The van der Waals surface area contributed by atoms with Crippen molar-refractivity contribution >= 4 is 23.1 Å². The van der Waals surface area contributed by atoms with Crippen LogP contribution in [-0.2, 0) is 13.5 Å². The van der Waals surface area contributed by atoms with Crippen molar-refractivity contribution in [2.24, 2.45) is 13.0 Å². The monoisotopic (exact) mass is 388 g/mol. The van der Waals surface area contributed by atoms with Gasteiger partial charge in [-0.1, -0.05) is 29.8 Å². The lowest BCUT2D eigenvalue weighted by atomic mass is 9.89. The molecule has 1 aliphatic heterocycles. The molecule has 0 spiro atoms. The van der Waals surface area contributed by atoms with Crippen LogP contribution in [0.1, 0.15) is 50.2 Å². The molecule has 1 fully saturated rings. The minimum absolute atomic E-state index is 0.0823. The molecule has 0 saturated carbocycles. The van der Waals surface area contributed by atoms with Crippen molar-refractivity contribution in [2.45, 2.75) is 33.1 Å². The van der Waals surface area contributed by atoms with Crippen LogP contribution >= 0.6 is 0 Å². The van der Waals surface area contributed by atoms with Crippen LogP contribution in [0.5, 0.6) is 0 Å². The maximum Gasteiger partial charge on any atom is 0.254 e. The second kappa shape index (κ2) is 7.86. The summed E-state index contributed by atoms with van der Waals surface area (Å²) >= 11 is 0. The molecule has 1 aromatic heterocycles. The van der Waals surface area contributed by atoms with Crippen LogP contribution in [0.2, 0.25) is 0 Å². The summed E-state index contributed by atoms with van der Waals surface area (Å²) in [6.45, 7) is 5.68. The van der Waals surface area contributed by atoms with E-state index < -0.39 is 0 Å². The first-order valence-electron chi connectivity index (χ1n) is 10.4. The van der Waals surface area contributed by atoms with Crippen molar-refractivity contribution in [3.63, 3.8) is 0 Å². The van der Waals surface area contributed by atoms with Crippen molar-refractivity contribution in [3.8, 4) is 0 Å². The Morgan fingerprint density at radius 3 is 2.45 bits per heavy atom. The minimum atomic E-state index is 0.0823. The number of hydrogen-bond acceptors (Lipinski definition) is 2. The van der Waals surface area contributed by atoms with E-state index in [1.165, 1.54) is 11.1 Å². The van der Waals surface area contributed by atoms with Gasteiger partial charge in [0.05, 0.1) is 0 Å². The zero-order valence-electron chi connectivity index (χ0n) is 17.4. The van der Waals surface area contributed by atoms with Crippen LogP contribution in [0.4, 0.5) is 0 Å². The highest BCUT2D eigenvalue weighted by molar-refractivity contribution is 6.04. The van der Waals surface area contributed by atoms with Crippen LogP contribution < -0.4 is 0 Å². The Bertz CT molecular complexity index is 1050. The fraction of sp³-hybridized carbons (Fsp3) is 0.360. The number of amides is 1. The molecule has 4 heteroatoms. The lowest BCUT2D eigenvalue weighted by Crippen LogP contribution is -2.39. The Morgan fingerprint density at radius 2 is 1.79 bits per heavy atom. The summed E-state index contributed by atoms with van der Waals surface area (Å²) in [5, 5.41) is 0.853. The summed E-state index contributed by atoms with van der Waals surface area (Å²) < 4.78 is 1.94. The van der Waals surface area contributed by atoms with Crippen molar-refractivity contribution < 1.29 is 9.59 Å². The molecule has 29 heavy (non-hydrogen) atoms. The number of likely N-dealkylation sites (tertiary alicyclic amines) is 1. The predicted octanol–water partition coefficient (Wildman–Crippen LogP) is 4.70. The van der Waals surface area contributed by atoms with E-state index in [9.17, 15) is 9.59 Å². The zero-order valence-corrected chi connectivity index (χ0v) is 17.4. The van der Waals surface area contributed by atoms with Gasteiger partial charge in [0.1, 0.15) is 0 Å². The fourth-order valence-electron chi connectivity index (χ4n) is 4.46. The maximum atomic E-state index is 13.2. The normalized spacial score (nSPS) is 15.1. The van der Waals surface area contributed by atoms with Gasteiger partial charge >= 0.3 is 0 Å². The molecule has 0 aliphatic carbocycles. The van der Waals surface area contributed by atoms with E-state index in [0.29, 0.717) is 17.0 Å². The summed E-state index contributed by atoms with van der Waals surface area (Å²) in [5.41, 5.74) is 5.96. The van der Waals surface area contributed by atoms with Gasteiger partial charge in [0.2, 0.25) is 0 Å².